The van der Waals surface area contributed by atoms with Crippen molar-refractivity contribution in [3.05, 3.63) is 18.0 Å². The van der Waals surface area contributed by atoms with Crippen LogP contribution in [0.5, 0.6) is 0 Å². The van der Waals surface area contributed by atoms with Crippen molar-refractivity contribution in [2.75, 3.05) is 19.7 Å². The summed E-state index contributed by atoms with van der Waals surface area (Å²) in [5.41, 5.74) is 0.280. The molecule has 3 N–H and O–H groups in total. The van der Waals surface area contributed by atoms with Crippen LogP contribution in [0.1, 0.15) is 16.9 Å². The molecule has 1 atom stereocenters. The third kappa shape index (κ3) is 2.80. The standard InChI is InChI=1S/C11H17N3O4S/c1-13-6-9(19(12,17)18)4-10(13)11(16)14-3-2-8(5-14)7-15/h4,6,8,15H,2-3,5,7H2,1H3,(H2,12,17,18). The number of likely N-dealkylation sites (tertiary alicyclic amines) is 1. The van der Waals surface area contributed by atoms with Gasteiger partial charge < -0.3 is 14.6 Å². The Bertz CT molecular complexity index is 593. The number of aliphatic hydroxyl groups is 1. The van der Waals surface area contributed by atoms with Gasteiger partial charge in [0.25, 0.3) is 5.91 Å². The van der Waals surface area contributed by atoms with Gasteiger partial charge >= 0.3 is 0 Å². The van der Waals surface area contributed by atoms with Gasteiger partial charge in [-0.3, -0.25) is 4.79 Å². The average Bonchev–Trinajstić information content (AvgIpc) is 2.93. The second-order valence-corrected chi connectivity index (χ2v) is 6.37. The molecule has 7 nitrogen and oxygen atoms in total. The summed E-state index contributed by atoms with van der Waals surface area (Å²) in [6.07, 6.45) is 2.08. The number of nitrogens with zero attached hydrogens (tertiary/aromatic N) is 2. The number of carbonyl (C=O) groups is 1. The number of hydrogen-bond acceptors (Lipinski definition) is 4. The van der Waals surface area contributed by atoms with E-state index in [1.54, 1.807) is 11.9 Å². The number of nitrogens with two attached hydrogens (primary N) is 1. The Labute approximate surface area is 111 Å². The smallest absolute Gasteiger partial charge is 0.270 e. The summed E-state index contributed by atoms with van der Waals surface area (Å²) >= 11 is 0. The molecule has 19 heavy (non-hydrogen) atoms. The third-order valence-electron chi connectivity index (χ3n) is 3.36. The quantitative estimate of drug-likeness (QED) is 0.753. The fraction of sp³-hybridized carbons (Fsp3) is 0.545. The molecule has 106 valence electrons. The van der Waals surface area contributed by atoms with E-state index in [2.05, 4.69) is 0 Å². The molecule has 1 aromatic heterocycles. The van der Waals surface area contributed by atoms with Crippen molar-refractivity contribution in [2.45, 2.75) is 11.3 Å². The predicted molar refractivity (Wildman–Crippen MR) is 67.9 cm³/mol. The van der Waals surface area contributed by atoms with Crippen LogP contribution in [0.4, 0.5) is 0 Å². The summed E-state index contributed by atoms with van der Waals surface area (Å²) < 4.78 is 23.9. The van der Waals surface area contributed by atoms with E-state index in [-0.39, 0.29) is 29.0 Å². The molecule has 0 saturated carbocycles. The lowest BCUT2D eigenvalue weighted by atomic mass is 10.1. The molecule has 0 aliphatic carbocycles. The first-order valence-electron chi connectivity index (χ1n) is 5.92. The normalized spacial score (nSPS) is 19.9. The van der Waals surface area contributed by atoms with Gasteiger partial charge in [-0.25, -0.2) is 13.6 Å². The van der Waals surface area contributed by atoms with Crippen LogP contribution < -0.4 is 5.14 Å². The number of aryl methyl sites for hydroxylation is 1. The van der Waals surface area contributed by atoms with Crippen LogP contribution in [0.25, 0.3) is 0 Å². The van der Waals surface area contributed by atoms with Crippen molar-refractivity contribution in [1.82, 2.24) is 9.47 Å². The fourth-order valence-electron chi connectivity index (χ4n) is 2.23. The molecule has 1 saturated heterocycles. The Kier molecular flexibility index (Phi) is 3.66. The summed E-state index contributed by atoms with van der Waals surface area (Å²) in [6.45, 7) is 1.12. The molecule has 2 heterocycles. The van der Waals surface area contributed by atoms with Crippen molar-refractivity contribution >= 4 is 15.9 Å². The molecule has 8 heteroatoms. The van der Waals surface area contributed by atoms with Gasteiger partial charge in [-0.05, 0) is 12.5 Å². The van der Waals surface area contributed by atoms with E-state index in [1.165, 1.54) is 16.8 Å². The molecule has 1 fully saturated rings. The molecule has 0 bridgehead atoms. The minimum atomic E-state index is -3.81. The summed E-state index contributed by atoms with van der Waals surface area (Å²) in [4.78, 5) is 13.8. The number of primary sulfonamides is 1. The number of hydrogen-bond donors (Lipinski definition) is 2. The number of amides is 1. The van der Waals surface area contributed by atoms with E-state index in [4.69, 9.17) is 10.2 Å². The molecule has 0 spiro atoms. The first-order chi connectivity index (χ1) is 8.82. The SMILES string of the molecule is Cn1cc(S(N)(=O)=O)cc1C(=O)N1CCC(CO)C1. The number of sulfonamides is 1. The Hall–Kier alpha value is -1.38. The van der Waals surface area contributed by atoms with Crippen molar-refractivity contribution in [1.29, 1.82) is 0 Å². The maximum absolute atomic E-state index is 12.3. The maximum Gasteiger partial charge on any atom is 0.270 e. The Morgan fingerprint density at radius 3 is 2.74 bits per heavy atom. The lowest BCUT2D eigenvalue weighted by molar-refractivity contribution is 0.0772. The minimum Gasteiger partial charge on any atom is -0.396 e. The first-order valence-corrected chi connectivity index (χ1v) is 7.47. The van der Waals surface area contributed by atoms with Gasteiger partial charge in [-0.2, -0.15) is 0 Å². The van der Waals surface area contributed by atoms with E-state index in [9.17, 15) is 13.2 Å². The molecule has 1 unspecified atom stereocenters. The van der Waals surface area contributed by atoms with Crippen LogP contribution in [0.15, 0.2) is 17.2 Å². The highest BCUT2D eigenvalue weighted by atomic mass is 32.2. The summed E-state index contributed by atoms with van der Waals surface area (Å²) in [7, 11) is -2.21. The van der Waals surface area contributed by atoms with E-state index in [0.717, 1.165) is 6.42 Å². The van der Waals surface area contributed by atoms with Gasteiger partial charge in [-0.1, -0.05) is 0 Å². The molecule has 0 aromatic carbocycles. The van der Waals surface area contributed by atoms with Crippen LogP contribution in [0, 0.1) is 5.92 Å². The monoisotopic (exact) mass is 287 g/mol. The molecule has 1 aliphatic heterocycles. The molecule has 1 amide bonds. The maximum atomic E-state index is 12.3. The lowest BCUT2D eigenvalue weighted by Crippen LogP contribution is -2.30. The largest absolute Gasteiger partial charge is 0.396 e. The van der Waals surface area contributed by atoms with Gasteiger partial charge in [0.05, 0.1) is 0 Å². The Morgan fingerprint density at radius 2 is 2.26 bits per heavy atom. The summed E-state index contributed by atoms with van der Waals surface area (Å²) in [5, 5.41) is 14.1. The summed E-state index contributed by atoms with van der Waals surface area (Å²) in [6, 6.07) is 1.28. The number of aliphatic hydroxyl groups excluding tert-OH is 1. The zero-order valence-electron chi connectivity index (χ0n) is 10.6. The molecule has 2 rings (SSSR count). The third-order valence-corrected chi connectivity index (χ3v) is 4.24. The molecule has 1 aliphatic rings. The van der Waals surface area contributed by atoms with Crippen molar-refractivity contribution in [2.24, 2.45) is 18.1 Å². The van der Waals surface area contributed by atoms with E-state index < -0.39 is 10.0 Å². The van der Waals surface area contributed by atoms with Crippen LogP contribution >= 0.6 is 0 Å². The van der Waals surface area contributed by atoms with Gasteiger partial charge in [0.15, 0.2) is 0 Å². The van der Waals surface area contributed by atoms with Crippen LogP contribution in [0.2, 0.25) is 0 Å². The topological polar surface area (TPSA) is 106 Å². The van der Waals surface area contributed by atoms with Crippen molar-refractivity contribution < 1.29 is 18.3 Å². The highest BCUT2D eigenvalue weighted by Crippen LogP contribution is 2.20. The first kappa shape index (κ1) is 14.0. The molecular formula is C11H17N3O4S. The van der Waals surface area contributed by atoms with Gasteiger partial charge in [0.2, 0.25) is 10.0 Å². The second kappa shape index (κ2) is 4.95. The molecular weight excluding hydrogens is 270 g/mol. The Morgan fingerprint density at radius 1 is 1.58 bits per heavy atom. The van der Waals surface area contributed by atoms with Crippen LogP contribution in [-0.4, -0.2) is 48.6 Å². The van der Waals surface area contributed by atoms with Crippen molar-refractivity contribution in [3.8, 4) is 0 Å². The fourth-order valence-corrected chi connectivity index (χ4v) is 2.81. The molecule has 1 aromatic rings. The zero-order chi connectivity index (χ0) is 14.2. The highest BCUT2D eigenvalue weighted by Gasteiger charge is 2.28. The van der Waals surface area contributed by atoms with Gasteiger partial charge in [-0.15, -0.1) is 0 Å². The number of aromatic nitrogens is 1. The van der Waals surface area contributed by atoms with Gasteiger partial charge in [0.1, 0.15) is 10.6 Å². The predicted octanol–water partition coefficient (Wildman–Crippen LogP) is -0.873. The molecule has 0 radical (unpaired) electrons. The van der Waals surface area contributed by atoms with Gasteiger partial charge in [0, 0.05) is 38.9 Å². The zero-order valence-corrected chi connectivity index (χ0v) is 11.4. The Balaban J connectivity index is 2.23. The second-order valence-electron chi connectivity index (χ2n) is 4.81. The minimum absolute atomic E-state index is 0.0549. The van der Waals surface area contributed by atoms with Crippen LogP contribution in [-0.2, 0) is 17.1 Å². The van der Waals surface area contributed by atoms with E-state index in [1.807, 2.05) is 0 Å². The summed E-state index contributed by atoms with van der Waals surface area (Å²) in [5.74, 6) is -0.143. The average molecular weight is 287 g/mol. The number of rotatable bonds is 3. The van der Waals surface area contributed by atoms with Crippen LogP contribution in [0.3, 0.4) is 0 Å². The highest BCUT2D eigenvalue weighted by molar-refractivity contribution is 7.89. The van der Waals surface area contributed by atoms with E-state index in [0.29, 0.717) is 13.1 Å². The number of carbonyl (C=O) groups excluding carboxylic acids is 1. The van der Waals surface area contributed by atoms with E-state index >= 15 is 0 Å². The van der Waals surface area contributed by atoms with Crippen molar-refractivity contribution in [3.63, 3.8) is 0 Å². The lowest BCUT2D eigenvalue weighted by Gasteiger charge is -2.16.